The molecule has 1 N–H and O–H groups in total. The van der Waals surface area contributed by atoms with Crippen molar-refractivity contribution in [3.05, 3.63) is 35.4 Å². The molecule has 2 rings (SSSR count). The van der Waals surface area contributed by atoms with Crippen molar-refractivity contribution < 1.29 is 22.7 Å². The van der Waals surface area contributed by atoms with Gasteiger partial charge in [0.15, 0.2) is 0 Å². The Balaban J connectivity index is 2.06. The second-order valence-corrected chi connectivity index (χ2v) is 3.74. The van der Waals surface area contributed by atoms with Gasteiger partial charge < -0.3 is 10.1 Å². The maximum atomic E-state index is 12.4. The van der Waals surface area contributed by atoms with Crippen LogP contribution in [0.3, 0.4) is 0 Å². The van der Waals surface area contributed by atoms with Gasteiger partial charge in [-0.05, 0) is 18.2 Å². The first-order chi connectivity index (χ1) is 7.97. The molecule has 0 radical (unpaired) electrons. The van der Waals surface area contributed by atoms with Crippen LogP contribution >= 0.6 is 0 Å². The summed E-state index contributed by atoms with van der Waals surface area (Å²) in [7, 11) is 0. The van der Waals surface area contributed by atoms with E-state index in [2.05, 4.69) is 5.32 Å². The Morgan fingerprint density at radius 1 is 1.47 bits per heavy atom. The lowest BCUT2D eigenvalue weighted by molar-refractivity contribution is -0.137. The molecule has 0 aliphatic carbocycles. The fraction of sp³-hybridized carbons (Fsp3) is 0.364. The summed E-state index contributed by atoms with van der Waals surface area (Å²) < 4.78 is 42.1. The molecule has 92 valence electrons. The van der Waals surface area contributed by atoms with Crippen molar-refractivity contribution in [2.75, 3.05) is 13.2 Å². The van der Waals surface area contributed by atoms with Gasteiger partial charge in [-0.2, -0.15) is 13.2 Å². The highest BCUT2D eigenvalue weighted by Gasteiger charge is 2.31. The smallest absolute Gasteiger partial charge is 0.371 e. The Hall–Kier alpha value is -1.56. The number of halogens is 3. The van der Waals surface area contributed by atoms with Crippen molar-refractivity contribution >= 4 is 5.91 Å². The van der Waals surface area contributed by atoms with E-state index >= 15 is 0 Å². The molecule has 1 heterocycles. The zero-order valence-corrected chi connectivity index (χ0v) is 8.75. The number of ether oxygens (including phenoxy) is 1. The van der Waals surface area contributed by atoms with Gasteiger partial charge in [0.05, 0.1) is 18.3 Å². The van der Waals surface area contributed by atoms with Gasteiger partial charge in [-0.1, -0.05) is 6.07 Å². The minimum absolute atomic E-state index is 0.000440. The van der Waals surface area contributed by atoms with Crippen molar-refractivity contribution in [1.29, 1.82) is 0 Å². The number of epoxide rings is 1. The van der Waals surface area contributed by atoms with Crippen LogP contribution in [0.5, 0.6) is 0 Å². The Bertz CT molecular complexity index is 427. The van der Waals surface area contributed by atoms with Crippen molar-refractivity contribution in [2.45, 2.75) is 12.3 Å². The van der Waals surface area contributed by atoms with Gasteiger partial charge in [0, 0.05) is 12.1 Å². The van der Waals surface area contributed by atoms with Crippen LogP contribution in [0.25, 0.3) is 0 Å². The number of nitrogens with one attached hydrogen (secondary N) is 1. The lowest BCUT2D eigenvalue weighted by atomic mass is 10.1. The summed E-state index contributed by atoms with van der Waals surface area (Å²) in [5, 5.41) is 2.51. The number of alkyl halides is 3. The maximum absolute atomic E-state index is 12.4. The molecule has 1 amide bonds. The summed E-state index contributed by atoms with van der Waals surface area (Å²) in [5.74, 6) is -0.522. The average Bonchev–Trinajstić information content (AvgIpc) is 3.09. The van der Waals surface area contributed by atoms with E-state index in [9.17, 15) is 18.0 Å². The average molecular weight is 245 g/mol. The van der Waals surface area contributed by atoms with Gasteiger partial charge in [-0.25, -0.2) is 0 Å². The van der Waals surface area contributed by atoms with Crippen LogP contribution in [-0.4, -0.2) is 25.2 Å². The zero-order chi connectivity index (χ0) is 12.5. The minimum atomic E-state index is -4.43. The topological polar surface area (TPSA) is 41.6 Å². The highest BCUT2D eigenvalue weighted by Crippen LogP contribution is 2.29. The first kappa shape index (κ1) is 11.9. The largest absolute Gasteiger partial charge is 0.416 e. The lowest BCUT2D eigenvalue weighted by Crippen LogP contribution is -2.27. The van der Waals surface area contributed by atoms with Crippen molar-refractivity contribution in [3.63, 3.8) is 0 Å². The van der Waals surface area contributed by atoms with Crippen molar-refractivity contribution in [2.24, 2.45) is 0 Å². The molecule has 1 aliphatic heterocycles. The lowest BCUT2D eigenvalue weighted by Gasteiger charge is -2.08. The third-order valence-electron chi connectivity index (χ3n) is 2.34. The molecule has 17 heavy (non-hydrogen) atoms. The highest BCUT2D eigenvalue weighted by molar-refractivity contribution is 5.94. The molecule has 0 aromatic heterocycles. The second kappa shape index (κ2) is 4.37. The molecule has 0 saturated carbocycles. The Kier molecular flexibility index (Phi) is 3.06. The molecule has 1 aromatic rings. The first-order valence-corrected chi connectivity index (χ1v) is 5.04. The molecule has 0 unspecified atom stereocenters. The van der Waals surface area contributed by atoms with Crippen LogP contribution in [0.4, 0.5) is 13.2 Å². The molecule has 0 bridgehead atoms. The van der Waals surface area contributed by atoms with E-state index in [1.807, 2.05) is 0 Å². The van der Waals surface area contributed by atoms with Crippen LogP contribution in [0, 0.1) is 0 Å². The van der Waals surface area contributed by atoms with Crippen molar-refractivity contribution in [3.8, 4) is 0 Å². The number of amides is 1. The van der Waals surface area contributed by atoms with Crippen LogP contribution in [0.15, 0.2) is 24.3 Å². The number of benzene rings is 1. The second-order valence-electron chi connectivity index (χ2n) is 3.74. The summed E-state index contributed by atoms with van der Waals surface area (Å²) in [6, 6.07) is 4.33. The van der Waals surface area contributed by atoms with Gasteiger partial charge in [0.2, 0.25) is 0 Å². The van der Waals surface area contributed by atoms with Crippen LogP contribution in [0.2, 0.25) is 0 Å². The third kappa shape index (κ3) is 3.20. The molecule has 1 fully saturated rings. The minimum Gasteiger partial charge on any atom is -0.371 e. The Morgan fingerprint density at radius 2 is 2.18 bits per heavy atom. The van der Waals surface area contributed by atoms with E-state index in [0.29, 0.717) is 13.2 Å². The van der Waals surface area contributed by atoms with Crippen LogP contribution < -0.4 is 5.32 Å². The number of hydrogen-bond acceptors (Lipinski definition) is 2. The highest BCUT2D eigenvalue weighted by atomic mass is 19.4. The maximum Gasteiger partial charge on any atom is 0.416 e. The van der Waals surface area contributed by atoms with Gasteiger partial charge in [0.25, 0.3) is 5.91 Å². The molecule has 6 heteroatoms. The SMILES string of the molecule is O=C(NC[C@H]1CO1)c1cccc(C(F)(F)F)c1. The number of hydrogen-bond donors (Lipinski definition) is 1. The molecule has 1 aromatic carbocycles. The molecule has 1 atom stereocenters. The van der Waals surface area contributed by atoms with Gasteiger partial charge in [-0.15, -0.1) is 0 Å². The zero-order valence-electron chi connectivity index (χ0n) is 8.75. The predicted octanol–water partition coefficient (Wildman–Crippen LogP) is 1.83. The van der Waals surface area contributed by atoms with Gasteiger partial charge in [-0.3, -0.25) is 4.79 Å². The molecule has 0 spiro atoms. The monoisotopic (exact) mass is 245 g/mol. The van der Waals surface area contributed by atoms with E-state index < -0.39 is 17.6 Å². The summed E-state index contributed by atoms with van der Waals surface area (Å²) in [6.07, 6.45) is -4.43. The summed E-state index contributed by atoms with van der Waals surface area (Å²) in [6.45, 7) is 0.915. The Labute approximate surface area is 95.6 Å². The van der Waals surface area contributed by atoms with Crippen molar-refractivity contribution in [1.82, 2.24) is 5.32 Å². The van der Waals surface area contributed by atoms with Crippen LogP contribution in [-0.2, 0) is 10.9 Å². The summed E-state index contributed by atoms with van der Waals surface area (Å²) >= 11 is 0. The molecule has 1 saturated heterocycles. The quantitative estimate of drug-likeness (QED) is 0.825. The van der Waals surface area contributed by atoms with E-state index in [-0.39, 0.29) is 11.7 Å². The van der Waals surface area contributed by atoms with E-state index in [0.717, 1.165) is 12.1 Å². The number of carbonyl (C=O) groups excluding carboxylic acids is 1. The van der Waals surface area contributed by atoms with Crippen LogP contribution in [0.1, 0.15) is 15.9 Å². The summed E-state index contributed by atoms with van der Waals surface area (Å²) in [5.41, 5.74) is -0.826. The van der Waals surface area contributed by atoms with E-state index in [1.165, 1.54) is 12.1 Å². The van der Waals surface area contributed by atoms with E-state index in [1.54, 1.807) is 0 Å². The standard InChI is InChI=1S/C11H10F3NO2/c12-11(13,14)8-3-1-2-7(4-8)10(16)15-5-9-6-17-9/h1-4,9H,5-6H2,(H,15,16)/t9-/m0/s1. The fourth-order valence-corrected chi connectivity index (χ4v) is 1.33. The Morgan fingerprint density at radius 3 is 2.76 bits per heavy atom. The first-order valence-electron chi connectivity index (χ1n) is 5.04. The molecule has 1 aliphatic rings. The normalized spacial score (nSPS) is 18.9. The van der Waals surface area contributed by atoms with Gasteiger partial charge >= 0.3 is 6.18 Å². The number of rotatable bonds is 3. The fourth-order valence-electron chi connectivity index (χ4n) is 1.33. The van der Waals surface area contributed by atoms with E-state index in [4.69, 9.17) is 4.74 Å². The molecular formula is C11H10F3NO2. The summed E-state index contributed by atoms with van der Waals surface area (Å²) in [4.78, 5) is 11.5. The number of carbonyl (C=O) groups is 1. The van der Waals surface area contributed by atoms with Gasteiger partial charge in [0.1, 0.15) is 0 Å². The predicted molar refractivity (Wildman–Crippen MR) is 53.5 cm³/mol. The molecule has 3 nitrogen and oxygen atoms in total. The third-order valence-corrected chi connectivity index (χ3v) is 2.34. The molecular weight excluding hydrogens is 235 g/mol.